The molecule has 29 heavy (non-hydrogen) atoms. The number of rotatable bonds is 8. The first-order chi connectivity index (χ1) is 14.1. The van der Waals surface area contributed by atoms with Crippen LogP contribution in [0.1, 0.15) is 12.5 Å². The first-order valence-electron chi connectivity index (χ1n) is 8.83. The van der Waals surface area contributed by atoms with Crippen molar-refractivity contribution < 1.29 is 19.0 Å². The quantitative estimate of drug-likeness (QED) is 0.559. The standard InChI is InChI=1S/C21H19N3O4S/c1-3-27-15-6-7-16-19(13-15)29-21(23-16)24-20(25)9-5-14-4-8-17(28-11-10-22)18(12-14)26-2/h4-9,12-13H,3,11H2,1-2H3,(H,23,24,25). The van der Waals surface area contributed by atoms with Crippen molar-refractivity contribution in [3.8, 4) is 23.3 Å². The summed E-state index contributed by atoms with van der Waals surface area (Å²) in [4.78, 5) is 16.7. The van der Waals surface area contributed by atoms with E-state index in [2.05, 4.69) is 10.3 Å². The average molecular weight is 409 g/mol. The van der Waals surface area contributed by atoms with E-state index in [-0.39, 0.29) is 12.5 Å². The summed E-state index contributed by atoms with van der Waals surface area (Å²) in [5, 5.41) is 11.9. The van der Waals surface area contributed by atoms with Crippen LogP contribution in [0.3, 0.4) is 0 Å². The van der Waals surface area contributed by atoms with Crippen LogP contribution < -0.4 is 19.5 Å². The van der Waals surface area contributed by atoms with E-state index in [1.165, 1.54) is 24.5 Å². The lowest BCUT2D eigenvalue weighted by atomic mass is 10.2. The summed E-state index contributed by atoms with van der Waals surface area (Å²) in [6.07, 6.45) is 3.08. The van der Waals surface area contributed by atoms with Crippen LogP contribution in [0.5, 0.6) is 17.2 Å². The molecule has 0 fully saturated rings. The van der Waals surface area contributed by atoms with Crippen LogP contribution in [0.25, 0.3) is 16.3 Å². The Labute approximate surface area is 172 Å². The fraction of sp³-hybridized carbons (Fsp3) is 0.190. The van der Waals surface area contributed by atoms with Gasteiger partial charge in [-0.15, -0.1) is 0 Å². The summed E-state index contributed by atoms with van der Waals surface area (Å²) in [7, 11) is 1.51. The van der Waals surface area contributed by atoms with Crippen LogP contribution >= 0.6 is 11.3 Å². The Bertz CT molecular complexity index is 1090. The SMILES string of the molecule is CCOc1ccc2nc(NC(=O)C=Cc3ccc(OCC#N)c(OC)c3)sc2c1. The fourth-order valence-electron chi connectivity index (χ4n) is 2.55. The third-order valence-electron chi connectivity index (χ3n) is 3.81. The first kappa shape index (κ1) is 20.2. The van der Waals surface area contributed by atoms with Crippen molar-refractivity contribution in [2.45, 2.75) is 6.92 Å². The topological polar surface area (TPSA) is 93.5 Å². The van der Waals surface area contributed by atoms with E-state index in [1.54, 1.807) is 24.3 Å². The largest absolute Gasteiger partial charge is 0.494 e. The highest BCUT2D eigenvalue weighted by molar-refractivity contribution is 7.22. The Kier molecular flexibility index (Phi) is 6.66. The molecular weight excluding hydrogens is 390 g/mol. The van der Waals surface area contributed by atoms with Crippen molar-refractivity contribution in [2.24, 2.45) is 0 Å². The number of fused-ring (bicyclic) bond motifs is 1. The normalized spacial score (nSPS) is 10.7. The van der Waals surface area contributed by atoms with E-state index in [1.807, 2.05) is 31.2 Å². The molecule has 3 aromatic rings. The lowest BCUT2D eigenvalue weighted by molar-refractivity contribution is -0.111. The second-order valence-corrected chi connectivity index (χ2v) is 6.79. The minimum Gasteiger partial charge on any atom is -0.494 e. The molecule has 8 heteroatoms. The zero-order valence-electron chi connectivity index (χ0n) is 16.0. The molecule has 148 valence electrons. The van der Waals surface area contributed by atoms with Gasteiger partial charge >= 0.3 is 0 Å². The second kappa shape index (κ2) is 9.57. The zero-order valence-corrected chi connectivity index (χ0v) is 16.8. The number of nitriles is 1. The zero-order chi connectivity index (χ0) is 20.6. The van der Waals surface area contributed by atoms with Gasteiger partial charge in [0.15, 0.2) is 23.2 Å². The van der Waals surface area contributed by atoms with Gasteiger partial charge in [0.05, 0.1) is 23.9 Å². The summed E-state index contributed by atoms with van der Waals surface area (Å²) in [5.41, 5.74) is 1.56. The number of anilines is 1. The highest BCUT2D eigenvalue weighted by Crippen LogP contribution is 2.30. The average Bonchev–Trinajstić information content (AvgIpc) is 3.12. The molecule has 0 spiro atoms. The number of nitrogens with one attached hydrogen (secondary N) is 1. The van der Waals surface area contributed by atoms with Gasteiger partial charge in [-0.2, -0.15) is 5.26 Å². The first-order valence-corrected chi connectivity index (χ1v) is 9.65. The molecule has 0 aliphatic rings. The predicted octanol–water partition coefficient (Wildman–Crippen LogP) is 4.26. The van der Waals surface area contributed by atoms with Crippen LogP contribution in [0.15, 0.2) is 42.5 Å². The molecular formula is C21H19N3O4S. The molecule has 1 heterocycles. The van der Waals surface area contributed by atoms with E-state index in [0.717, 1.165) is 21.5 Å². The minimum atomic E-state index is -0.294. The molecule has 0 radical (unpaired) electrons. The maximum absolute atomic E-state index is 12.2. The summed E-state index contributed by atoms with van der Waals surface area (Å²) < 4.78 is 17.0. The molecule has 0 unspecified atom stereocenters. The number of carbonyl (C=O) groups excluding carboxylic acids is 1. The van der Waals surface area contributed by atoms with Crippen molar-refractivity contribution in [3.05, 3.63) is 48.0 Å². The Balaban J connectivity index is 1.68. The highest BCUT2D eigenvalue weighted by atomic mass is 32.1. The van der Waals surface area contributed by atoms with Crippen LogP contribution in [0, 0.1) is 11.3 Å². The third-order valence-corrected chi connectivity index (χ3v) is 4.74. The molecule has 1 N–H and O–H groups in total. The lowest BCUT2D eigenvalue weighted by Crippen LogP contribution is -2.07. The number of amides is 1. The third kappa shape index (κ3) is 5.24. The number of aromatic nitrogens is 1. The summed E-state index contributed by atoms with van der Waals surface area (Å²) >= 11 is 1.38. The van der Waals surface area contributed by atoms with Crippen LogP contribution in [-0.2, 0) is 4.79 Å². The monoisotopic (exact) mass is 409 g/mol. The lowest BCUT2D eigenvalue weighted by Gasteiger charge is -2.08. The maximum atomic E-state index is 12.2. The molecule has 0 saturated carbocycles. The van der Waals surface area contributed by atoms with Gasteiger partial charge in [0.25, 0.3) is 0 Å². The number of benzene rings is 2. The molecule has 0 aliphatic carbocycles. The van der Waals surface area contributed by atoms with Gasteiger partial charge in [-0.05, 0) is 48.9 Å². The Morgan fingerprint density at radius 1 is 1.24 bits per heavy atom. The maximum Gasteiger partial charge on any atom is 0.250 e. The van der Waals surface area contributed by atoms with Crippen molar-refractivity contribution in [2.75, 3.05) is 25.6 Å². The number of carbonyl (C=O) groups is 1. The molecule has 0 atom stereocenters. The predicted molar refractivity (Wildman–Crippen MR) is 113 cm³/mol. The van der Waals surface area contributed by atoms with Crippen LogP contribution in [-0.4, -0.2) is 31.2 Å². The molecule has 1 aromatic heterocycles. The van der Waals surface area contributed by atoms with Crippen LogP contribution in [0.2, 0.25) is 0 Å². The number of hydrogen-bond donors (Lipinski definition) is 1. The number of methoxy groups -OCH3 is 1. The number of ether oxygens (including phenoxy) is 3. The second-order valence-electron chi connectivity index (χ2n) is 5.76. The Morgan fingerprint density at radius 2 is 2.10 bits per heavy atom. The van der Waals surface area contributed by atoms with Gasteiger partial charge in [0.2, 0.25) is 5.91 Å². The molecule has 1 amide bonds. The van der Waals surface area contributed by atoms with Gasteiger partial charge in [-0.25, -0.2) is 4.98 Å². The van der Waals surface area contributed by atoms with Gasteiger partial charge in [0, 0.05) is 6.08 Å². The van der Waals surface area contributed by atoms with E-state index in [4.69, 9.17) is 19.5 Å². The number of hydrogen-bond acceptors (Lipinski definition) is 7. The number of thiazole rings is 1. The van der Waals surface area contributed by atoms with Crippen molar-refractivity contribution in [3.63, 3.8) is 0 Å². The van der Waals surface area contributed by atoms with E-state index < -0.39 is 0 Å². The molecule has 2 aromatic carbocycles. The van der Waals surface area contributed by atoms with Gasteiger partial charge < -0.3 is 14.2 Å². The molecule has 0 saturated heterocycles. The summed E-state index contributed by atoms with van der Waals surface area (Å²) in [6, 6.07) is 12.7. The Hall–Kier alpha value is -3.57. The van der Waals surface area contributed by atoms with E-state index in [9.17, 15) is 4.79 Å². The van der Waals surface area contributed by atoms with E-state index in [0.29, 0.717) is 23.2 Å². The molecule has 3 rings (SSSR count). The molecule has 7 nitrogen and oxygen atoms in total. The number of nitrogens with zero attached hydrogens (tertiary/aromatic N) is 2. The van der Waals surface area contributed by atoms with Crippen molar-refractivity contribution in [1.29, 1.82) is 5.26 Å². The highest BCUT2D eigenvalue weighted by Gasteiger charge is 2.08. The molecule has 0 bridgehead atoms. The van der Waals surface area contributed by atoms with Crippen molar-refractivity contribution >= 4 is 38.7 Å². The Morgan fingerprint density at radius 3 is 2.86 bits per heavy atom. The smallest absolute Gasteiger partial charge is 0.250 e. The van der Waals surface area contributed by atoms with E-state index >= 15 is 0 Å². The fourth-order valence-corrected chi connectivity index (χ4v) is 3.45. The van der Waals surface area contributed by atoms with Crippen LogP contribution in [0.4, 0.5) is 5.13 Å². The summed E-state index contributed by atoms with van der Waals surface area (Å²) in [5.74, 6) is 1.44. The summed E-state index contributed by atoms with van der Waals surface area (Å²) in [6.45, 7) is 2.45. The van der Waals surface area contributed by atoms with Crippen molar-refractivity contribution in [1.82, 2.24) is 4.98 Å². The minimum absolute atomic E-state index is 0.0673. The van der Waals surface area contributed by atoms with Gasteiger partial charge in [-0.3, -0.25) is 10.1 Å². The molecule has 0 aliphatic heterocycles. The van der Waals surface area contributed by atoms with Gasteiger partial charge in [-0.1, -0.05) is 17.4 Å². The van der Waals surface area contributed by atoms with Gasteiger partial charge in [0.1, 0.15) is 11.8 Å².